The maximum Gasteiger partial charge on any atom is 0.123 e. The average molecular weight is 293 g/mol. The Morgan fingerprint density at radius 3 is 2.53 bits per heavy atom. The van der Waals surface area contributed by atoms with E-state index in [0.717, 1.165) is 21.5 Å². The molecule has 0 radical (unpaired) electrons. The van der Waals surface area contributed by atoms with Gasteiger partial charge in [-0.05, 0) is 54.0 Å². The largest absolute Gasteiger partial charge is 0.384 e. The average Bonchev–Trinajstić information content (AvgIpc) is 2.57. The van der Waals surface area contributed by atoms with Gasteiger partial charge in [-0.2, -0.15) is 5.10 Å². The third kappa shape index (κ3) is 2.24. The number of aromatic nitrogens is 2. The molecule has 0 aliphatic heterocycles. The van der Waals surface area contributed by atoms with Crippen LogP contribution < -0.4 is 5.73 Å². The molecule has 17 heavy (non-hydrogen) atoms. The molecule has 0 unspecified atom stereocenters. The van der Waals surface area contributed by atoms with E-state index in [1.165, 1.54) is 0 Å². The lowest BCUT2D eigenvalue weighted by molar-refractivity contribution is 0.833. The Hall–Kier alpha value is -1.62. The number of rotatable bonds is 2. The minimum Gasteiger partial charge on any atom is -0.384 e. The fourth-order valence-electron chi connectivity index (χ4n) is 1.74. The Labute approximate surface area is 108 Å². The van der Waals surface area contributed by atoms with Crippen molar-refractivity contribution >= 4 is 21.8 Å². The lowest BCUT2D eigenvalue weighted by Gasteiger charge is -2.07. The number of hydrogen-bond donors (Lipinski definition) is 2. The molecule has 0 aliphatic carbocycles. The van der Waals surface area contributed by atoms with Gasteiger partial charge in [-0.3, -0.25) is 5.41 Å². The van der Waals surface area contributed by atoms with E-state index in [9.17, 15) is 0 Å². The van der Waals surface area contributed by atoms with E-state index < -0.39 is 0 Å². The Morgan fingerprint density at radius 2 is 2.06 bits per heavy atom. The third-order valence-electron chi connectivity index (χ3n) is 2.50. The van der Waals surface area contributed by atoms with E-state index >= 15 is 0 Å². The molecule has 88 valence electrons. The zero-order valence-corrected chi connectivity index (χ0v) is 11.2. The van der Waals surface area contributed by atoms with Gasteiger partial charge in [0.15, 0.2) is 0 Å². The number of nitrogens with one attached hydrogen (secondary N) is 1. The predicted octanol–water partition coefficient (Wildman–Crippen LogP) is 2.54. The standard InChI is InChI=1S/C12H13BrN4/c1-7-5-8(2)17(16-7)9-3-4-10(12(14)15)11(13)6-9/h3-6H,1-2H3,(H3,14,15). The van der Waals surface area contributed by atoms with Crippen molar-refractivity contribution in [2.75, 3.05) is 0 Å². The number of benzene rings is 1. The van der Waals surface area contributed by atoms with Crippen molar-refractivity contribution in [3.63, 3.8) is 0 Å². The van der Waals surface area contributed by atoms with E-state index in [-0.39, 0.29) is 5.84 Å². The number of halogens is 1. The molecule has 0 atom stereocenters. The van der Waals surface area contributed by atoms with Crippen LogP contribution in [0.5, 0.6) is 0 Å². The fourth-order valence-corrected chi connectivity index (χ4v) is 2.32. The normalized spacial score (nSPS) is 10.5. The van der Waals surface area contributed by atoms with E-state index in [1.807, 2.05) is 42.8 Å². The Morgan fingerprint density at radius 1 is 1.35 bits per heavy atom. The number of amidine groups is 1. The second-order valence-electron chi connectivity index (χ2n) is 3.92. The summed E-state index contributed by atoms with van der Waals surface area (Å²) in [7, 11) is 0. The minimum atomic E-state index is 0.0526. The summed E-state index contributed by atoms with van der Waals surface area (Å²) in [5, 5.41) is 11.8. The van der Waals surface area contributed by atoms with Crippen molar-refractivity contribution in [2.45, 2.75) is 13.8 Å². The third-order valence-corrected chi connectivity index (χ3v) is 3.15. The molecule has 1 heterocycles. The van der Waals surface area contributed by atoms with Gasteiger partial charge >= 0.3 is 0 Å². The molecule has 0 fully saturated rings. The van der Waals surface area contributed by atoms with Crippen molar-refractivity contribution in [2.24, 2.45) is 5.73 Å². The van der Waals surface area contributed by atoms with Crippen molar-refractivity contribution in [1.82, 2.24) is 9.78 Å². The molecule has 0 amide bonds. The molecule has 2 aromatic rings. The van der Waals surface area contributed by atoms with E-state index in [4.69, 9.17) is 11.1 Å². The summed E-state index contributed by atoms with van der Waals surface area (Å²) < 4.78 is 2.67. The molecule has 2 rings (SSSR count). The zero-order chi connectivity index (χ0) is 12.6. The van der Waals surface area contributed by atoms with Crippen LogP contribution in [-0.4, -0.2) is 15.6 Å². The van der Waals surface area contributed by atoms with Crippen molar-refractivity contribution in [1.29, 1.82) is 5.41 Å². The number of nitrogens with zero attached hydrogens (tertiary/aromatic N) is 2. The monoisotopic (exact) mass is 292 g/mol. The first-order valence-corrected chi connectivity index (χ1v) is 5.96. The van der Waals surface area contributed by atoms with Gasteiger partial charge in [0.25, 0.3) is 0 Å². The summed E-state index contributed by atoms with van der Waals surface area (Å²) in [6.45, 7) is 3.97. The number of aryl methyl sites for hydroxylation is 2. The van der Waals surface area contributed by atoms with Gasteiger partial charge in [-0.15, -0.1) is 0 Å². The second-order valence-corrected chi connectivity index (χ2v) is 4.77. The molecule has 4 nitrogen and oxygen atoms in total. The maximum absolute atomic E-state index is 7.42. The van der Waals surface area contributed by atoms with Crippen LogP contribution in [0.2, 0.25) is 0 Å². The SMILES string of the molecule is Cc1cc(C)n(-c2ccc(C(=N)N)c(Br)c2)n1. The molecule has 1 aromatic heterocycles. The Bertz CT molecular complexity index is 586. The molecule has 3 N–H and O–H groups in total. The molecule has 1 aromatic carbocycles. The summed E-state index contributed by atoms with van der Waals surface area (Å²) in [5.41, 5.74) is 9.16. The highest BCUT2D eigenvalue weighted by atomic mass is 79.9. The molecule has 5 heteroatoms. The van der Waals surface area contributed by atoms with E-state index in [0.29, 0.717) is 5.56 Å². The summed E-state index contributed by atoms with van der Waals surface area (Å²) in [6.07, 6.45) is 0. The van der Waals surface area contributed by atoms with Crippen LogP contribution in [0.25, 0.3) is 5.69 Å². The smallest absolute Gasteiger partial charge is 0.123 e. The number of hydrogen-bond acceptors (Lipinski definition) is 2. The van der Waals surface area contributed by atoms with Gasteiger partial charge in [0.2, 0.25) is 0 Å². The van der Waals surface area contributed by atoms with E-state index in [1.54, 1.807) is 0 Å². The van der Waals surface area contributed by atoms with Crippen LogP contribution in [0.4, 0.5) is 0 Å². The molecule has 0 spiro atoms. The van der Waals surface area contributed by atoms with Gasteiger partial charge in [0.05, 0.1) is 11.4 Å². The van der Waals surface area contributed by atoms with Crippen LogP contribution >= 0.6 is 15.9 Å². The molecule has 0 bridgehead atoms. The Kier molecular flexibility index (Phi) is 3.02. The zero-order valence-electron chi connectivity index (χ0n) is 9.66. The number of nitrogen functional groups attached to an aromatic ring is 1. The predicted molar refractivity (Wildman–Crippen MR) is 71.8 cm³/mol. The molecule has 0 saturated carbocycles. The van der Waals surface area contributed by atoms with E-state index in [2.05, 4.69) is 21.0 Å². The first-order valence-electron chi connectivity index (χ1n) is 5.16. The van der Waals surface area contributed by atoms with Crippen LogP contribution in [0.1, 0.15) is 17.0 Å². The second kappa shape index (κ2) is 4.33. The highest BCUT2D eigenvalue weighted by Gasteiger charge is 2.08. The van der Waals surface area contributed by atoms with Gasteiger partial charge < -0.3 is 5.73 Å². The minimum absolute atomic E-state index is 0.0526. The van der Waals surface area contributed by atoms with Gasteiger partial charge in [-0.1, -0.05) is 0 Å². The quantitative estimate of drug-likeness (QED) is 0.660. The van der Waals surface area contributed by atoms with Crippen molar-refractivity contribution < 1.29 is 0 Å². The molecule has 0 aliphatic rings. The topological polar surface area (TPSA) is 67.7 Å². The summed E-state index contributed by atoms with van der Waals surface area (Å²) in [5.74, 6) is 0.0526. The lowest BCUT2D eigenvalue weighted by Crippen LogP contribution is -2.12. The molecule has 0 saturated heterocycles. The fraction of sp³-hybridized carbons (Fsp3) is 0.167. The first kappa shape index (κ1) is 11.9. The first-order chi connectivity index (χ1) is 7.99. The van der Waals surface area contributed by atoms with Crippen molar-refractivity contribution in [3.8, 4) is 5.69 Å². The molecular weight excluding hydrogens is 280 g/mol. The highest BCUT2D eigenvalue weighted by molar-refractivity contribution is 9.10. The Balaban J connectivity index is 2.51. The van der Waals surface area contributed by atoms with Crippen molar-refractivity contribution in [3.05, 3.63) is 45.7 Å². The molecular formula is C12H13BrN4. The summed E-state index contributed by atoms with van der Waals surface area (Å²) in [6, 6.07) is 7.65. The number of nitrogens with two attached hydrogens (primary N) is 1. The van der Waals surface area contributed by atoms with Gasteiger partial charge in [0.1, 0.15) is 5.84 Å². The lowest BCUT2D eigenvalue weighted by atomic mass is 10.2. The highest BCUT2D eigenvalue weighted by Crippen LogP contribution is 2.21. The summed E-state index contributed by atoms with van der Waals surface area (Å²) >= 11 is 3.41. The van der Waals surface area contributed by atoms with Crippen LogP contribution in [0, 0.1) is 19.3 Å². The summed E-state index contributed by atoms with van der Waals surface area (Å²) in [4.78, 5) is 0. The maximum atomic E-state index is 7.42. The van der Waals surface area contributed by atoms with Crippen LogP contribution in [0.3, 0.4) is 0 Å². The van der Waals surface area contributed by atoms with Gasteiger partial charge in [0, 0.05) is 15.7 Å². The van der Waals surface area contributed by atoms with Gasteiger partial charge in [-0.25, -0.2) is 4.68 Å². The van der Waals surface area contributed by atoms with Crippen LogP contribution in [-0.2, 0) is 0 Å². The van der Waals surface area contributed by atoms with Crippen LogP contribution in [0.15, 0.2) is 28.7 Å².